The highest BCUT2D eigenvalue weighted by molar-refractivity contribution is 6.00. The van der Waals surface area contributed by atoms with Gasteiger partial charge < -0.3 is 10.6 Å². The van der Waals surface area contributed by atoms with E-state index in [1.165, 1.54) is 6.92 Å². The minimum Gasteiger partial charge on any atom is -0.356 e. The van der Waals surface area contributed by atoms with Gasteiger partial charge in [0.25, 0.3) is 0 Å². The fourth-order valence-corrected chi connectivity index (χ4v) is 2.23. The molecule has 1 aliphatic rings. The molecule has 0 spiro atoms. The molecule has 0 aliphatic heterocycles. The summed E-state index contributed by atoms with van der Waals surface area (Å²) in [6.45, 7) is 6.19. The Balaban J connectivity index is 1.84. The van der Waals surface area contributed by atoms with Crippen molar-refractivity contribution in [2.75, 3.05) is 11.9 Å². The summed E-state index contributed by atoms with van der Waals surface area (Å²) in [4.78, 5) is 35.1. The second-order valence-electron chi connectivity index (χ2n) is 6.21. The summed E-state index contributed by atoms with van der Waals surface area (Å²) in [7, 11) is 0. The molecule has 1 aromatic carbocycles. The van der Waals surface area contributed by atoms with Crippen LogP contribution in [0, 0.1) is 17.8 Å². The molecule has 1 saturated carbocycles. The molecule has 5 heteroatoms. The van der Waals surface area contributed by atoms with Gasteiger partial charge in [0.1, 0.15) is 0 Å². The highest BCUT2D eigenvalue weighted by Gasteiger charge is 2.47. The predicted molar refractivity (Wildman–Crippen MR) is 84.5 cm³/mol. The van der Waals surface area contributed by atoms with E-state index in [2.05, 4.69) is 10.6 Å². The van der Waals surface area contributed by atoms with Crippen molar-refractivity contribution in [3.8, 4) is 0 Å². The molecule has 5 nitrogen and oxygen atoms in total. The van der Waals surface area contributed by atoms with Crippen LogP contribution in [0.4, 0.5) is 5.69 Å². The Kier molecular flexibility index (Phi) is 4.96. The van der Waals surface area contributed by atoms with Crippen LogP contribution in [0.15, 0.2) is 24.3 Å². The van der Waals surface area contributed by atoms with Gasteiger partial charge in [-0.3, -0.25) is 14.4 Å². The molecule has 22 heavy (non-hydrogen) atoms. The lowest BCUT2D eigenvalue weighted by Crippen LogP contribution is -2.30. The van der Waals surface area contributed by atoms with Crippen LogP contribution in [-0.4, -0.2) is 24.1 Å². The monoisotopic (exact) mass is 302 g/mol. The number of benzene rings is 1. The van der Waals surface area contributed by atoms with Gasteiger partial charge in [-0.1, -0.05) is 13.8 Å². The fourth-order valence-electron chi connectivity index (χ4n) is 2.23. The van der Waals surface area contributed by atoms with E-state index in [1.54, 1.807) is 24.3 Å². The topological polar surface area (TPSA) is 75.3 Å². The minimum atomic E-state index is -0.250. The van der Waals surface area contributed by atoms with Gasteiger partial charge >= 0.3 is 0 Å². The Morgan fingerprint density at radius 1 is 1.09 bits per heavy atom. The molecular weight excluding hydrogens is 280 g/mol. The van der Waals surface area contributed by atoms with Crippen molar-refractivity contribution in [3.05, 3.63) is 29.8 Å². The second kappa shape index (κ2) is 6.73. The Bertz CT molecular complexity index is 578. The van der Waals surface area contributed by atoms with E-state index in [4.69, 9.17) is 0 Å². The summed E-state index contributed by atoms with van der Waals surface area (Å²) >= 11 is 0. The molecule has 1 aliphatic carbocycles. The number of carbonyl (C=O) groups excluding carboxylic acids is 3. The van der Waals surface area contributed by atoms with E-state index in [-0.39, 0.29) is 29.4 Å². The Labute approximate surface area is 130 Å². The predicted octanol–water partition coefficient (Wildman–Crippen LogP) is 2.24. The zero-order chi connectivity index (χ0) is 16.3. The number of amides is 2. The summed E-state index contributed by atoms with van der Waals surface area (Å²) in [6.07, 6.45) is 0.599. The molecule has 0 radical (unpaired) electrons. The SMILES string of the molecule is CC(=O)c1ccc(NC(=O)C2CC2C(=O)NCC(C)C)cc1. The first-order valence-corrected chi connectivity index (χ1v) is 7.58. The maximum absolute atomic E-state index is 12.1. The molecule has 0 bridgehead atoms. The van der Waals surface area contributed by atoms with E-state index in [1.807, 2.05) is 13.8 Å². The van der Waals surface area contributed by atoms with Crippen molar-refractivity contribution in [3.63, 3.8) is 0 Å². The number of nitrogens with one attached hydrogen (secondary N) is 2. The van der Waals surface area contributed by atoms with Gasteiger partial charge in [-0.2, -0.15) is 0 Å². The highest BCUT2D eigenvalue weighted by atomic mass is 16.2. The second-order valence-corrected chi connectivity index (χ2v) is 6.21. The van der Waals surface area contributed by atoms with Crippen LogP contribution in [-0.2, 0) is 9.59 Å². The molecule has 118 valence electrons. The smallest absolute Gasteiger partial charge is 0.228 e. The van der Waals surface area contributed by atoms with Gasteiger partial charge in [0.2, 0.25) is 11.8 Å². The molecule has 1 aromatic rings. The number of ketones is 1. The first-order chi connectivity index (χ1) is 10.4. The van der Waals surface area contributed by atoms with Crippen molar-refractivity contribution in [2.45, 2.75) is 27.2 Å². The van der Waals surface area contributed by atoms with Crippen LogP contribution in [0.3, 0.4) is 0 Å². The molecule has 2 N–H and O–H groups in total. The third-order valence-electron chi connectivity index (χ3n) is 3.71. The summed E-state index contributed by atoms with van der Waals surface area (Å²) in [5, 5.41) is 5.65. The van der Waals surface area contributed by atoms with Gasteiger partial charge in [0, 0.05) is 17.8 Å². The summed E-state index contributed by atoms with van der Waals surface area (Å²) in [5.41, 5.74) is 1.25. The van der Waals surface area contributed by atoms with E-state index >= 15 is 0 Å². The van der Waals surface area contributed by atoms with Gasteiger partial charge in [-0.05, 0) is 43.5 Å². The fraction of sp³-hybridized carbons (Fsp3) is 0.471. The standard InChI is InChI=1S/C17H22N2O3/c1-10(2)9-18-16(21)14-8-15(14)17(22)19-13-6-4-12(5-7-13)11(3)20/h4-7,10,14-15H,8-9H2,1-3H3,(H,18,21)(H,19,22). The first kappa shape index (κ1) is 16.2. The molecule has 2 amide bonds. The van der Waals surface area contributed by atoms with E-state index in [0.29, 0.717) is 30.1 Å². The van der Waals surface area contributed by atoms with E-state index in [0.717, 1.165) is 0 Å². The lowest BCUT2D eigenvalue weighted by atomic mass is 10.1. The number of hydrogen-bond acceptors (Lipinski definition) is 3. The van der Waals surface area contributed by atoms with Crippen molar-refractivity contribution < 1.29 is 14.4 Å². The zero-order valence-corrected chi connectivity index (χ0v) is 13.2. The molecule has 0 heterocycles. The van der Waals surface area contributed by atoms with Crippen LogP contribution in [0.5, 0.6) is 0 Å². The van der Waals surface area contributed by atoms with Gasteiger partial charge in [0.05, 0.1) is 11.8 Å². The van der Waals surface area contributed by atoms with E-state index in [9.17, 15) is 14.4 Å². The number of Topliss-reactive ketones (excluding diaryl/α,β-unsaturated/α-hetero) is 1. The average molecular weight is 302 g/mol. The van der Waals surface area contributed by atoms with Crippen LogP contribution in [0.1, 0.15) is 37.6 Å². The first-order valence-electron chi connectivity index (χ1n) is 7.58. The minimum absolute atomic E-state index is 0.0121. The van der Waals surface area contributed by atoms with Crippen LogP contribution < -0.4 is 10.6 Å². The van der Waals surface area contributed by atoms with Gasteiger partial charge in [-0.25, -0.2) is 0 Å². The molecule has 2 unspecified atom stereocenters. The van der Waals surface area contributed by atoms with Crippen LogP contribution in [0.2, 0.25) is 0 Å². The third-order valence-corrected chi connectivity index (χ3v) is 3.71. The van der Waals surface area contributed by atoms with Gasteiger partial charge in [-0.15, -0.1) is 0 Å². The number of anilines is 1. The summed E-state index contributed by atoms with van der Waals surface area (Å²) < 4.78 is 0. The number of rotatable bonds is 6. The van der Waals surface area contributed by atoms with Crippen LogP contribution >= 0.6 is 0 Å². The Morgan fingerprint density at radius 3 is 2.23 bits per heavy atom. The Morgan fingerprint density at radius 2 is 1.68 bits per heavy atom. The van der Waals surface area contributed by atoms with Crippen LogP contribution in [0.25, 0.3) is 0 Å². The quantitative estimate of drug-likeness (QED) is 0.791. The van der Waals surface area contributed by atoms with E-state index < -0.39 is 0 Å². The molecule has 1 fully saturated rings. The summed E-state index contributed by atoms with van der Waals surface area (Å²) in [5.74, 6) is -0.257. The van der Waals surface area contributed by atoms with Crippen molar-refractivity contribution in [1.29, 1.82) is 0 Å². The Hall–Kier alpha value is -2.17. The van der Waals surface area contributed by atoms with Crippen molar-refractivity contribution in [2.24, 2.45) is 17.8 Å². The average Bonchev–Trinajstić information content (AvgIpc) is 3.25. The third kappa shape index (κ3) is 4.16. The van der Waals surface area contributed by atoms with Crippen molar-refractivity contribution >= 4 is 23.3 Å². The number of carbonyl (C=O) groups is 3. The highest BCUT2D eigenvalue weighted by Crippen LogP contribution is 2.39. The maximum atomic E-state index is 12.1. The lowest BCUT2D eigenvalue weighted by molar-refractivity contribution is -0.125. The lowest BCUT2D eigenvalue weighted by Gasteiger charge is -2.08. The zero-order valence-electron chi connectivity index (χ0n) is 13.2. The number of hydrogen-bond donors (Lipinski definition) is 2. The molecule has 2 atom stereocenters. The maximum Gasteiger partial charge on any atom is 0.228 e. The molecule has 2 rings (SSSR count). The largest absolute Gasteiger partial charge is 0.356 e. The molecule has 0 saturated heterocycles. The molecule has 0 aromatic heterocycles. The van der Waals surface area contributed by atoms with Gasteiger partial charge in [0.15, 0.2) is 5.78 Å². The molecular formula is C17H22N2O3. The normalized spacial score (nSPS) is 19.6. The van der Waals surface area contributed by atoms with Crippen molar-refractivity contribution in [1.82, 2.24) is 5.32 Å². The summed E-state index contributed by atoms with van der Waals surface area (Å²) in [6, 6.07) is 6.76.